The van der Waals surface area contributed by atoms with Crippen LogP contribution in [0.3, 0.4) is 0 Å². The lowest BCUT2D eigenvalue weighted by atomic mass is 10.1. The van der Waals surface area contributed by atoms with E-state index in [1.54, 1.807) is 0 Å². The van der Waals surface area contributed by atoms with Crippen molar-refractivity contribution in [3.8, 4) is 11.5 Å². The maximum absolute atomic E-state index is 5.90. The second-order valence-corrected chi connectivity index (χ2v) is 5.20. The number of nitrogens with two attached hydrogens (primary N) is 1. The van der Waals surface area contributed by atoms with Crippen molar-refractivity contribution in [2.45, 2.75) is 46.1 Å². The van der Waals surface area contributed by atoms with Gasteiger partial charge in [-0.3, -0.25) is 0 Å². The molecule has 0 aliphatic carbocycles. The molecule has 1 unspecified atom stereocenters. The molecule has 0 aliphatic rings. The van der Waals surface area contributed by atoms with Crippen LogP contribution >= 0.6 is 0 Å². The van der Waals surface area contributed by atoms with Gasteiger partial charge in [0, 0.05) is 31.7 Å². The molecule has 4 heteroatoms. The summed E-state index contributed by atoms with van der Waals surface area (Å²) in [5, 5.41) is 0. The summed E-state index contributed by atoms with van der Waals surface area (Å²) in [6.07, 6.45) is 2.67. The molecule has 4 nitrogen and oxygen atoms in total. The van der Waals surface area contributed by atoms with E-state index >= 15 is 0 Å². The average Bonchev–Trinajstić information content (AvgIpc) is 2.46. The van der Waals surface area contributed by atoms with Crippen LogP contribution in [0.15, 0.2) is 18.2 Å². The summed E-state index contributed by atoms with van der Waals surface area (Å²) < 4.78 is 16.9. The highest BCUT2D eigenvalue weighted by Crippen LogP contribution is 2.26. The topological polar surface area (TPSA) is 53.7 Å². The fraction of sp³-hybridized carbons (Fsp3) is 0.647. The van der Waals surface area contributed by atoms with Crippen LogP contribution in [0.4, 0.5) is 0 Å². The smallest absolute Gasteiger partial charge is 0.126 e. The van der Waals surface area contributed by atoms with Crippen LogP contribution in [0.5, 0.6) is 11.5 Å². The maximum Gasteiger partial charge on any atom is 0.126 e. The highest BCUT2D eigenvalue weighted by atomic mass is 16.5. The Morgan fingerprint density at radius 2 is 1.90 bits per heavy atom. The molecule has 120 valence electrons. The Labute approximate surface area is 128 Å². The molecule has 0 bridgehead atoms. The van der Waals surface area contributed by atoms with Crippen LogP contribution in [-0.2, 0) is 11.2 Å². The number of hydrogen-bond acceptors (Lipinski definition) is 4. The van der Waals surface area contributed by atoms with E-state index in [9.17, 15) is 0 Å². The molecule has 0 amide bonds. The first-order chi connectivity index (χ1) is 10.2. The molecule has 1 aromatic rings. The Balaban J connectivity index is 2.64. The van der Waals surface area contributed by atoms with E-state index in [-0.39, 0.29) is 6.04 Å². The number of hydrogen-bond donors (Lipinski definition) is 1. The molecule has 0 fully saturated rings. The number of rotatable bonds is 11. The van der Waals surface area contributed by atoms with Gasteiger partial charge in [-0.1, -0.05) is 13.0 Å². The summed E-state index contributed by atoms with van der Waals surface area (Å²) in [6.45, 7) is 8.92. The first-order valence-corrected chi connectivity index (χ1v) is 7.89. The Hall–Kier alpha value is -1.26. The average molecular weight is 295 g/mol. The van der Waals surface area contributed by atoms with Crippen molar-refractivity contribution in [2.24, 2.45) is 5.73 Å². The van der Waals surface area contributed by atoms with Crippen LogP contribution in [0, 0.1) is 0 Å². The lowest BCUT2D eigenvalue weighted by Crippen LogP contribution is -2.18. The molecule has 0 aromatic heterocycles. The second kappa shape index (κ2) is 10.5. The quantitative estimate of drug-likeness (QED) is 0.637. The standard InChI is InChI=1S/C17H29NO3/c1-4-9-20-16-8-7-15(12-14(3)18)17(13-16)21-11-6-10-19-5-2/h7-8,13-14H,4-6,9-12,18H2,1-3H3. The normalized spacial score (nSPS) is 12.2. The molecule has 1 atom stereocenters. The lowest BCUT2D eigenvalue weighted by molar-refractivity contribution is 0.130. The summed E-state index contributed by atoms with van der Waals surface area (Å²) in [6, 6.07) is 6.11. The van der Waals surface area contributed by atoms with Crippen LogP contribution < -0.4 is 15.2 Å². The summed E-state index contributed by atoms with van der Waals surface area (Å²) in [5.74, 6) is 1.72. The van der Waals surface area contributed by atoms with Crippen molar-refractivity contribution in [3.05, 3.63) is 23.8 Å². The first-order valence-electron chi connectivity index (χ1n) is 7.89. The van der Waals surface area contributed by atoms with Crippen LogP contribution in [0.25, 0.3) is 0 Å². The van der Waals surface area contributed by atoms with Gasteiger partial charge in [0.25, 0.3) is 0 Å². The molecule has 21 heavy (non-hydrogen) atoms. The zero-order chi connectivity index (χ0) is 15.5. The minimum absolute atomic E-state index is 0.109. The predicted molar refractivity (Wildman–Crippen MR) is 86.2 cm³/mol. The first kappa shape index (κ1) is 17.8. The Morgan fingerprint density at radius 3 is 2.57 bits per heavy atom. The molecule has 0 aliphatic heterocycles. The predicted octanol–water partition coefficient (Wildman–Crippen LogP) is 3.17. The lowest BCUT2D eigenvalue weighted by Gasteiger charge is -2.15. The van der Waals surface area contributed by atoms with E-state index in [0.29, 0.717) is 6.61 Å². The van der Waals surface area contributed by atoms with Gasteiger partial charge in [0.2, 0.25) is 0 Å². The van der Waals surface area contributed by atoms with E-state index in [4.69, 9.17) is 19.9 Å². The fourth-order valence-corrected chi connectivity index (χ4v) is 1.98. The molecule has 0 radical (unpaired) electrons. The van der Waals surface area contributed by atoms with Gasteiger partial charge in [0.1, 0.15) is 11.5 Å². The molecule has 1 rings (SSSR count). The van der Waals surface area contributed by atoms with Gasteiger partial charge < -0.3 is 19.9 Å². The van der Waals surface area contributed by atoms with Crippen molar-refractivity contribution in [1.82, 2.24) is 0 Å². The van der Waals surface area contributed by atoms with E-state index < -0.39 is 0 Å². The largest absolute Gasteiger partial charge is 0.493 e. The van der Waals surface area contributed by atoms with Gasteiger partial charge in [-0.15, -0.1) is 0 Å². The Kier molecular flexibility index (Phi) is 8.87. The monoisotopic (exact) mass is 295 g/mol. The molecule has 0 saturated carbocycles. The van der Waals surface area contributed by atoms with E-state index in [1.807, 2.05) is 32.0 Å². The minimum Gasteiger partial charge on any atom is -0.493 e. The van der Waals surface area contributed by atoms with E-state index in [1.165, 1.54) is 0 Å². The van der Waals surface area contributed by atoms with Crippen molar-refractivity contribution in [3.63, 3.8) is 0 Å². The molecular weight excluding hydrogens is 266 g/mol. The highest BCUT2D eigenvalue weighted by Gasteiger charge is 2.08. The van der Waals surface area contributed by atoms with Crippen LogP contribution in [0.2, 0.25) is 0 Å². The minimum atomic E-state index is 0.109. The van der Waals surface area contributed by atoms with Gasteiger partial charge >= 0.3 is 0 Å². The summed E-state index contributed by atoms with van der Waals surface area (Å²) in [4.78, 5) is 0. The molecular formula is C17H29NO3. The van der Waals surface area contributed by atoms with Crippen LogP contribution in [-0.4, -0.2) is 32.5 Å². The summed E-state index contributed by atoms with van der Waals surface area (Å²) in [5.41, 5.74) is 7.03. The van der Waals surface area contributed by atoms with Crippen LogP contribution in [0.1, 0.15) is 39.2 Å². The van der Waals surface area contributed by atoms with Crippen molar-refractivity contribution < 1.29 is 14.2 Å². The summed E-state index contributed by atoms with van der Waals surface area (Å²) in [7, 11) is 0. The van der Waals surface area contributed by atoms with Gasteiger partial charge in [0.15, 0.2) is 0 Å². The zero-order valence-corrected chi connectivity index (χ0v) is 13.6. The third-order valence-corrected chi connectivity index (χ3v) is 2.95. The number of ether oxygens (including phenoxy) is 3. The van der Waals surface area contributed by atoms with Crippen molar-refractivity contribution in [2.75, 3.05) is 26.4 Å². The van der Waals surface area contributed by atoms with E-state index in [0.717, 1.165) is 56.1 Å². The molecule has 0 saturated heterocycles. The van der Waals surface area contributed by atoms with Gasteiger partial charge in [-0.2, -0.15) is 0 Å². The maximum atomic E-state index is 5.90. The SMILES string of the molecule is CCCOc1ccc(CC(C)N)c(OCCCOCC)c1. The molecule has 0 spiro atoms. The Morgan fingerprint density at radius 1 is 1.10 bits per heavy atom. The fourth-order valence-electron chi connectivity index (χ4n) is 1.98. The molecule has 1 aromatic carbocycles. The molecule has 2 N–H and O–H groups in total. The van der Waals surface area contributed by atoms with Crippen molar-refractivity contribution >= 4 is 0 Å². The third kappa shape index (κ3) is 7.34. The summed E-state index contributed by atoms with van der Waals surface area (Å²) >= 11 is 0. The van der Waals surface area contributed by atoms with E-state index in [2.05, 4.69) is 6.92 Å². The van der Waals surface area contributed by atoms with Gasteiger partial charge in [-0.05, 0) is 38.3 Å². The van der Waals surface area contributed by atoms with Gasteiger partial charge in [-0.25, -0.2) is 0 Å². The Bertz CT molecular complexity index is 394. The molecule has 0 heterocycles. The highest BCUT2D eigenvalue weighted by molar-refractivity contribution is 5.41. The van der Waals surface area contributed by atoms with Crippen molar-refractivity contribution in [1.29, 1.82) is 0 Å². The second-order valence-electron chi connectivity index (χ2n) is 5.20. The van der Waals surface area contributed by atoms with Gasteiger partial charge in [0.05, 0.1) is 13.2 Å². The number of benzene rings is 1. The third-order valence-electron chi connectivity index (χ3n) is 2.95. The zero-order valence-electron chi connectivity index (χ0n) is 13.6.